The van der Waals surface area contributed by atoms with Gasteiger partial charge in [0.05, 0.1) is 9.85 Å². The fourth-order valence-electron chi connectivity index (χ4n) is 2.07. The minimum atomic E-state index is -0.581. The van der Waals surface area contributed by atoms with Crippen molar-refractivity contribution in [2.24, 2.45) is 0 Å². The zero-order chi connectivity index (χ0) is 19.1. The largest absolute Gasteiger partial charge is 0.326 e. The molecular formula is C16H14N4O6. The standard InChI is InChI=1S/C16H14N4O6/c21-15(17-11-3-1-5-13(9-11)19(23)24)7-8-16(22)18-12-4-2-6-14(10-12)20(25)26/h1-6,9-10H,7-8H2,(H,17,21)(H,18,22). The lowest BCUT2D eigenvalue weighted by atomic mass is 10.2. The first-order valence-electron chi connectivity index (χ1n) is 7.44. The Kier molecular flexibility index (Phi) is 5.93. The van der Waals surface area contributed by atoms with Crippen LogP contribution in [0.15, 0.2) is 48.5 Å². The highest BCUT2D eigenvalue weighted by Crippen LogP contribution is 2.18. The molecule has 134 valence electrons. The molecule has 0 radical (unpaired) electrons. The molecule has 0 unspecified atom stereocenters. The molecule has 2 aromatic carbocycles. The van der Waals surface area contributed by atoms with Crippen molar-refractivity contribution in [3.63, 3.8) is 0 Å². The van der Waals surface area contributed by atoms with Crippen molar-refractivity contribution in [3.05, 3.63) is 68.8 Å². The van der Waals surface area contributed by atoms with Crippen LogP contribution < -0.4 is 10.6 Å². The van der Waals surface area contributed by atoms with Crippen LogP contribution in [-0.4, -0.2) is 21.7 Å². The Balaban J connectivity index is 1.86. The third kappa shape index (κ3) is 5.37. The van der Waals surface area contributed by atoms with E-state index < -0.39 is 21.7 Å². The van der Waals surface area contributed by atoms with Crippen LogP contribution in [0.4, 0.5) is 22.7 Å². The molecule has 0 atom stereocenters. The van der Waals surface area contributed by atoms with E-state index in [4.69, 9.17) is 0 Å². The van der Waals surface area contributed by atoms with Crippen molar-refractivity contribution in [1.29, 1.82) is 0 Å². The smallest absolute Gasteiger partial charge is 0.271 e. The van der Waals surface area contributed by atoms with Crippen molar-refractivity contribution in [2.75, 3.05) is 10.6 Å². The molecule has 26 heavy (non-hydrogen) atoms. The van der Waals surface area contributed by atoms with Gasteiger partial charge in [-0.1, -0.05) is 12.1 Å². The van der Waals surface area contributed by atoms with Crippen molar-refractivity contribution in [2.45, 2.75) is 12.8 Å². The second-order valence-corrected chi connectivity index (χ2v) is 5.21. The Labute approximate surface area is 147 Å². The highest BCUT2D eigenvalue weighted by Gasteiger charge is 2.12. The van der Waals surface area contributed by atoms with Gasteiger partial charge in [0, 0.05) is 48.5 Å². The van der Waals surface area contributed by atoms with Crippen LogP contribution in [0.2, 0.25) is 0 Å². The van der Waals surface area contributed by atoms with Gasteiger partial charge < -0.3 is 10.6 Å². The van der Waals surface area contributed by atoms with Gasteiger partial charge in [0.15, 0.2) is 0 Å². The predicted molar refractivity (Wildman–Crippen MR) is 92.7 cm³/mol. The summed E-state index contributed by atoms with van der Waals surface area (Å²) in [6, 6.07) is 10.9. The molecule has 0 aromatic heterocycles. The Hall–Kier alpha value is -3.82. The summed E-state index contributed by atoms with van der Waals surface area (Å²) in [6.45, 7) is 0. The van der Waals surface area contributed by atoms with Crippen LogP contribution in [0.5, 0.6) is 0 Å². The van der Waals surface area contributed by atoms with Gasteiger partial charge >= 0.3 is 0 Å². The summed E-state index contributed by atoms with van der Waals surface area (Å²) in [7, 11) is 0. The van der Waals surface area contributed by atoms with Crippen molar-refractivity contribution < 1.29 is 19.4 Å². The van der Waals surface area contributed by atoms with E-state index in [1.165, 1.54) is 48.5 Å². The molecule has 0 saturated carbocycles. The monoisotopic (exact) mass is 358 g/mol. The van der Waals surface area contributed by atoms with Gasteiger partial charge in [0.2, 0.25) is 11.8 Å². The molecule has 2 amide bonds. The van der Waals surface area contributed by atoms with E-state index in [0.29, 0.717) is 0 Å². The summed E-state index contributed by atoms with van der Waals surface area (Å²) in [5.41, 5.74) is 0.184. The number of carbonyl (C=O) groups is 2. The van der Waals surface area contributed by atoms with Crippen molar-refractivity contribution in [3.8, 4) is 0 Å². The van der Waals surface area contributed by atoms with Gasteiger partial charge in [0.1, 0.15) is 0 Å². The molecule has 0 fully saturated rings. The first kappa shape index (κ1) is 18.5. The van der Waals surface area contributed by atoms with Crippen LogP contribution in [0.3, 0.4) is 0 Å². The third-order valence-corrected chi connectivity index (χ3v) is 3.26. The highest BCUT2D eigenvalue weighted by molar-refractivity contribution is 5.97. The molecule has 10 nitrogen and oxygen atoms in total. The fourth-order valence-corrected chi connectivity index (χ4v) is 2.07. The Morgan fingerprint density at radius 2 is 1.15 bits per heavy atom. The summed E-state index contributed by atoms with van der Waals surface area (Å²) in [6.07, 6.45) is -0.299. The number of benzene rings is 2. The summed E-state index contributed by atoms with van der Waals surface area (Å²) in [4.78, 5) is 43.9. The number of non-ortho nitro benzene ring substituents is 2. The summed E-state index contributed by atoms with van der Waals surface area (Å²) >= 11 is 0. The minimum Gasteiger partial charge on any atom is -0.326 e. The number of nitrogens with one attached hydrogen (secondary N) is 2. The van der Waals surface area contributed by atoms with Gasteiger partial charge in [-0.25, -0.2) is 0 Å². The maximum Gasteiger partial charge on any atom is 0.271 e. The van der Waals surface area contributed by atoms with Gasteiger partial charge in [-0.05, 0) is 12.1 Å². The number of nitrogens with zero attached hydrogens (tertiary/aromatic N) is 2. The van der Waals surface area contributed by atoms with E-state index >= 15 is 0 Å². The minimum absolute atomic E-state index is 0.149. The number of hydrogen-bond donors (Lipinski definition) is 2. The van der Waals surface area contributed by atoms with Crippen LogP contribution in [0.25, 0.3) is 0 Å². The van der Waals surface area contributed by atoms with Gasteiger partial charge in [0.25, 0.3) is 11.4 Å². The zero-order valence-electron chi connectivity index (χ0n) is 13.4. The topological polar surface area (TPSA) is 144 Å². The molecule has 0 saturated heterocycles. The van der Waals surface area contributed by atoms with E-state index in [9.17, 15) is 29.8 Å². The molecular weight excluding hydrogens is 344 g/mol. The van der Waals surface area contributed by atoms with E-state index in [-0.39, 0.29) is 35.6 Å². The second-order valence-electron chi connectivity index (χ2n) is 5.21. The quantitative estimate of drug-likeness (QED) is 0.575. The Bertz CT molecular complexity index is 796. The van der Waals surface area contributed by atoms with Gasteiger partial charge in [-0.2, -0.15) is 0 Å². The molecule has 0 bridgehead atoms. The molecule has 2 N–H and O–H groups in total. The molecule has 10 heteroatoms. The normalized spacial score (nSPS) is 10.0. The van der Waals surface area contributed by atoms with E-state index in [0.717, 1.165) is 0 Å². The van der Waals surface area contributed by atoms with Crippen LogP contribution in [0.1, 0.15) is 12.8 Å². The van der Waals surface area contributed by atoms with E-state index in [1.807, 2.05) is 0 Å². The van der Waals surface area contributed by atoms with Crippen molar-refractivity contribution in [1.82, 2.24) is 0 Å². The number of hydrogen-bond acceptors (Lipinski definition) is 6. The predicted octanol–water partition coefficient (Wildman–Crippen LogP) is 2.86. The Morgan fingerprint density at radius 3 is 1.50 bits per heavy atom. The lowest BCUT2D eigenvalue weighted by molar-refractivity contribution is -0.385. The third-order valence-electron chi connectivity index (χ3n) is 3.26. The van der Waals surface area contributed by atoms with E-state index in [1.54, 1.807) is 0 Å². The average molecular weight is 358 g/mol. The van der Waals surface area contributed by atoms with Crippen molar-refractivity contribution >= 4 is 34.6 Å². The number of anilines is 2. The molecule has 0 spiro atoms. The number of carbonyl (C=O) groups excluding carboxylic acids is 2. The molecule has 0 aliphatic carbocycles. The first-order valence-corrected chi connectivity index (χ1v) is 7.44. The summed E-state index contributed by atoms with van der Waals surface area (Å²) < 4.78 is 0. The number of nitro benzene ring substituents is 2. The molecule has 0 heterocycles. The Morgan fingerprint density at radius 1 is 0.769 bits per heavy atom. The van der Waals surface area contributed by atoms with Crippen LogP contribution >= 0.6 is 0 Å². The number of rotatable bonds is 7. The zero-order valence-corrected chi connectivity index (χ0v) is 13.4. The molecule has 2 aromatic rings. The fraction of sp³-hybridized carbons (Fsp3) is 0.125. The van der Waals surface area contributed by atoms with E-state index in [2.05, 4.69) is 10.6 Å². The lowest BCUT2D eigenvalue weighted by Crippen LogP contribution is -2.17. The average Bonchev–Trinajstić information content (AvgIpc) is 2.60. The SMILES string of the molecule is O=C(CCC(=O)Nc1cccc([N+](=O)[O-])c1)Nc1cccc([N+](=O)[O-])c1. The maximum atomic E-state index is 11.8. The summed E-state index contributed by atoms with van der Waals surface area (Å²) in [5.74, 6) is -0.973. The molecule has 0 aliphatic heterocycles. The van der Waals surface area contributed by atoms with Crippen LogP contribution in [0, 0.1) is 20.2 Å². The lowest BCUT2D eigenvalue weighted by Gasteiger charge is -2.06. The van der Waals surface area contributed by atoms with Crippen LogP contribution in [-0.2, 0) is 9.59 Å². The molecule has 2 rings (SSSR count). The maximum absolute atomic E-state index is 11.8. The summed E-state index contributed by atoms with van der Waals surface area (Å²) in [5, 5.41) is 26.3. The number of nitro groups is 2. The molecule has 0 aliphatic rings. The highest BCUT2D eigenvalue weighted by atomic mass is 16.6. The first-order chi connectivity index (χ1) is 12.3. The number of amides is 2. The second kappa shape index (κ2) is 8.33. The van der Waals surface area contributed by atoms with Gasteiger partial charge in [-0.15, -0.1) is 0 Å². The van der Waals surface area contributed by atoms with Gasteiger partial charge in [-0.3, -0.25) is 29.8 Å².